The van der Waals surface area contributed by atoms with Crippen LogP contribution in [0.4, 0.5) is 0 Å². The minimum atomic E-state index is -0.326. The molecule has 0 aromatic carbocycles. The van der Waals surface area contributed by atoms with Crippen molar-refractivity contribution in [2.75, 3.05) is 26.2 Å². The Morgan fingerprint density at radius 3 is 2.17 bits per heavy atom. The average molecular weight is 253 g/mol. The first-order valence-electron chi connectivity index (χ1n) is 7.38. The van der Waals surface area contributed by atoms with Crippen LogP contribution in [0.1, 0.15) is 39.5 Å². The van der Waals surface area contributed by atoms with E-state index in [1.54, 1.807) is 0 Å². The van der Waals surface area contributed by atoms with E-state index in [-0.39, 0.29) is 17.9 Å². The molecule has 4 heteroatoms. The number of rotatable bonds is 3. The lowest BCUT2D eigenvalue weighted by molar-refractivity contribution is -0.135. The highest BCUT2D eigenvalue weighted by atomic mass is 16.2. The molecule has 2 aliphatic rings. The zero-order chi connectivity index (χ0) is 13.1. The van der Waals surface area contributed by atoms with Gasteiger partial charge >= 0.3 is 0 Å². The van der Waals surface area contributed by atoms with E-state index in [4.69, 9.17) is 5.73 Å². The fraction of sp³-hybridized carbons (Fsp3) is 0.929. The zero-order valence-electron chi connectivity index (χ0n) is 11.8. The van der Waals surface area contributed by atoms with Crippen LogP contribution in [-0.4, -0.2) is 54.0 Å². The van der Waals surface area contributed by atoms with Gasteiger partial charge in [0.05, 0.1) is 6.04 Å². The van der Waals surface area contributed by atoms with Gasteiger partial charge in [0.2, 0.25) is 5.91 Å². The van der Waals surface area contributed by atoms with Crippen LogP contribution in [0.15, 0.2) is 0 Å². The standard InChI is InChI=1S/C14H27N3O/c1-11(2)13(15)14(18)17-9-5-12(6-10-17)16-7-3-4-8-16/h11-13H,3-10,15H2,1-2H3. The van der Waals surface area contributed by atoms with Crippen molar-refractivity contribution in [3.63, 3.8) is 0 Å². The van der Waals surface area contributed by atoms with Gasteiger partial charge in [0.1, 0.15) is 0 Å². The van der Waals surface area contributed by atoms with Crippen LogP contribution in [0.3, 0.4) is 0 Å². The largest absolute Gasteiger partial charge is 0.341 e. The number of piperidine rings is 1. The summed E-state index contributed by atoms with van der Waals surface area (Å²) in [6, 6.07) is 0.375. The van der Waals surface area contributed by atoms with Crippen molar-refractivity contribution in [2.45, 2.75) is 51.6 Å². The Hall–Kier alpha value is -0.610. The van der Waals surface area contributed by atoms with Gasteiger partial charge in [0.25, 0.3) is 0 Å². The second-order valence-electron chi connectivity index (χ2n) is 6.07. The highest BCUT2D eigenvalue weighted by molar-refractivity contribution is 5.82. The number of nitrogens with two attached hydrogens (primary N) is 1. The highest BCUT2D eigenvalue weighted by Crippen LogP contribution is 2.21. The van der Waals surface area contributed by atoms with Gasteiger partial charge in [-0.2, -0.15) is 0 Å². The number of hydrogen-bond acceptors (Lipinski definition) is 3. The van der Waals surface area contributed by atoms with Gasteiger partial charge in [-0.05, 0) is 44.7 Å². The molecule has 2 aliphatic heterocycles. The molecule has 18 heavy (non-hydrogen) atoms. The number of hydrogen-bond donors (Lipinski definition) is 1. The summed E-state index contributed by atoms with van der Waals surface area (Å²) in [6.45, 7) is 8.31. The molecule has 2 saturated heterocycles. The predicted octanol–water partition coefficient (Wildman–Crippen LogP) is 1.06. The van der Waals surface area contributed by atoms with Gasteiger partial charge in [-0.15, -0.1) is 0 Å². The lowest BCUT2D eigenvalue weighted by Crippen LogP contribution is -2.52. The molecule has 2 heterocycles. The predicted molar refractivity (Wildman–Crippen MR) is 73.2 cm³/mol. The van der Waals surface area contributed by atoms with E-state index in [2.05, 4.69) is 4.90 Å². The third-order valence-electron chi connectivity index (χ3n) is 4.44. The van der Waals surface area contributed by atoms with Crippen LogP contribution in [0.5, 0.6) is 0 Å². The Bertz CT molecular complexity index is 279. The summed E-state index contributed by atoms with van der Waals surface area (Å²) in [4.78, 5) is 16.7. The molecule has 2 rings (SSSR count). The molecule has 104 valence electrons. The average Bonchev–Trinajstić information content (AvgIpc) is 2.91. The van der Waals surface area contributed by atoms with Crippen molar-refractivity contribution >= 4 is 5.91 Å². The minimum Gasteiger partial charge on any atom is -0.341 e. The molecule has 0 aromatic rings. The van der Waals surface area contributed by atoms with Gasteiger partial charge in [-0.1, -0.05) is 13.8 Å². The number of carbonyl (C=O) groups is 1. The second kappa shape index (κ2) is 6.02. The topological polar surface area (TPSA) is 49.6 Å². The minimum absolute atomic E-state index is 0.143. The molecule has 1 atom stereocenters. The first kappa shape index (κ1) is 13.8. The van der Waals surface area contributed by atoms with E-state index in [9.17, 15) is 4.79 Å². The van der Waals surface area contributed by atoms with Crippen molar-refractivity contribution in [3.05, 3.63) is 0 Å². The van der Waals surface area contributed by atoms with Gasteiger partial charge in [-0.3, -0.25) is 4.79 Å². The fourth-order valence-corrected chi connectivity index (χ4v) is 3.05. The Labute approximate surface area is 110 Å². The SMILES string of the molecule is CC(C)C(N)C(=O)N1CCC(N2CCCC2)CC1. The summed E-state index contributed by atoms with van der Waals surface area (Å²) in [6.07, 6.45) is 4.93. The molecule has 0 spiro atoms. The summed E-state index contributed by atoms with van der Waals surface area (Å²) < 4.78 is 0. The molecular weight excluding hydrogens is 226 g/mol. The smallest absolute Gasteiger partial charge is 0.239 e. The van der Waals surface area contributed by atoms with Crippen LogP contribution < -0.4 is 5.73 Å². The lowest BCUT2D eigenvalue weighted by Gasteiger charge is -2.38. The van der Waals surface area contributed by atoms with Gasteiger partial charge in [0.15, 0.2) is 0 Å². The van der Waals surface area contributed by atoms with Crippen LogP contribution in [0, 0.1) is 5.92 Å². The summed E-state index contributed by atoms with van der Waals surface area (Å²) in [5.41, 5.74) is 5.95. The molecule has 0 saturated carbocycles. The third-order valence-corrected chi connectivity index (χ3v) is 4.44. The first-order valence-corrected chi connectivity index (χ1v) is 7.38. The van der Waals surface area contributed by atoms with Gasteiger partial charge in [-0.25, -0.2) is 0 Å². The Morgan fingerprint density at radius 1 is 1.11 bits per heavy atom. The van der Waals surface area contributed by atoms with Gasteiger partial charge in [0, 0.05) is 19.1 Å². The quantitative estimate of drug-likeness (QED) is 0.818. The maximum absolute atomic E-state index is 12.2. The number of nitrogens with zero attached hydrogens (tertiary/aromatic N) is 2. The van der Waals surface area contributed by atoms with E-state index in [0.717, 1.165) is 25.9 Å². The van der Waals surface area contributed by atoms with Crippen molar-refractivity contribution in [1.82, 2.24) is 9.80 Å². The fourth-order valence-electron chi connectivity index (χ4n) is 3.05. The van der Waals surface area contributed by atoms with Crippen LogP contribution in [-0.2, 0) is 4.79 Å². The maximum Gasteiger partial charge on any atom is 0.239 e. The molecule has 4 nitrogen and oxygen atoms in total. The lowest BCUT2D eigenvalue weighted by atomic mass is 9.99. The number of carbonyl (C=O) groups excluding carboxylic acids is 1. The zero-order valence-corrected chi connectivity index (χ0v) is 11.8. The number of amides is 1. The van der Waals surface area contributed by atoms with Crippen LogP contribution in [0.2, 0.25) is 0 Å². The normalized spacial score (nSPS) is 24.8. The molecule has 0 aliphatic carbocycles. The van der Waals surface area contributed by atoms with E-state index in [1.807, 2.05) is 18.7 Å². The molecule has 1 unspecified atom stereocenters. The third kappa shape index (κ3) is 3.04. The van der Waals surface area contributed by atoms with Crippen LogP contribution >= 0.6 is 0 Å². The Kier molecular flexibility index (Phi) is 4.62. The highest BCUT2D eigenvalue weighted by Gasteiger charge is 2.30. The Balaban J connectivity index is 1.80. The summed E-state index contributed by atoms with van der Waals surface area (Å²) in [5, 5.41) is 0. The molecule has 0 bridgehead atoms. The van der Waals surface area contributed by atoms with Crippen molar-refractivity contribution < 1.29 is 4.79 Å². The summed E-state index contributed by atoms with van der Waals surface area (Å²) in [5.74, 6) is 0.374. The monoisotopic (exact) mass is 253 g/mol. The maximum atomic E-state index is 12.2. The first-order chi connectivity index (χ1) is 8.59. The van der Waals surface area contributed by atoms with E-state index >= 15 is 0 Å². The summed E-state index contributed by atoms with van der Waals surface area (Å²) >= 11 is 0. The van der Waals surface area contributed by atoms with Gasteiger partial charge < -0.3 is 15.5 Å². The second-order valence-corrected chi connectivity index (χ2v) is 6.07. The number of likely N-dealkylation sites (tertiary alicyclic amines) is 2. The Morgan fingerprint density at radius 2 is 1.67 bits per heavy atom. The molecule has 1 amide bonds. The van der Waals surface area contributed by atoms with E-state index in [1.165, 1.54) is 25.9 Å². The van der Waals surface area contributed by atoms with Crippen molar-refractivity contribution in [2.24, 2.45) is 11.7 Å². The van der Waals surface area contributed by atoms with Crippen LogP contribution in [0.25, 0.3) is 0 Å². The van der Waals surface area contributed by atoms with Crippen molar-refractivity contribution in [3.8, 4) is 0 Å². The molecule has 0 radical (unpaired) electrons. The molecule has 2 N–H and O–H groups in total. The molecule has 2 fully saturated rings. The molecular formula is C14H27N3O. The van der Waals surface area contributed by atoms with E-state index < -0.39 is 0 Å². The van der Waals surface area contributed by atoms with Crippen molar-refractivity contribution in [1.29, 1.82) is 0 Å². The summed E-state index contributed by atoms with van der Waals surface area (Å²) in [7, 11) is 0. The molecule has 0 aromatic heterocycles. The van der Waals surface area contributed by atoms with E-state index in [0.29, 0.717) is 6.04 Å².